The Bertz CT molecular complexity index is 1240. The van der Waals surface area contributed by atoms with Crippen molar-refractivity contribution in [3.8, 4) is 6.07 Å². The average Bonchev–Trinajstić information content (AvgIpc) is 3.37. The van der Waals surface area contributed by atoms with Crippen LogP contribution in [0, 0.1) is 24.2 Å². The number of benzene rings is 2. The number of hydrogen-bond donors (Lipinski definition) is 2. The molecule has 0 radical (unpaired) electrons. The van der Waals surface area contributed by atoms with Crippen molar-refractivity contribution in [2.75, 3.05) is 18.4 Å². The van der Waals surface area contributed by atoms with E-state index in [4.69, 9.17) is 5.26 Å². The van der Waals surface area contributed by atoms with E-state index in [0.717, 1.165) is 31.2 Å². The Balaban J connectivity index is 1.35. The molecule has 2 fully saturated rings. The van der Waals surface area contributed by atoms with Crippen LogP contribution in [-0.4, -0.2) is 41.8 Å². The summed E-state index contributed by atoms with van der Waals surface area (Å²) in [6, 6.07) is 15.4. The molecule has 7 heteroatoms. The van der Waals surface area contributed by atoms with Crippen molar-refractivity contribution in [1.29, 1.82) is 5.26 Å². The monoisotopic (exact) mass is 498 g/mol. The van der Waals surface area contributed by atoms with Crippen LogP contribution < -0.4 is 10.6 Å². The number of nitriles is 1. The van der Waals surface area contributed by atoms with Crippen molar-refractivity contribution in [3.63, 3.8) is 0 Å². The smallest absolute Gasteiger partial charge is 0.253 e. The zero-order chi connectivity index (χ0) is 26.5. The minimum Gasteiger partial charge on any atom is -0.354 e. The quantitative estimate of drug-likeness (QED) is 0.564. The second-order valence-electron chi connectivity index (χ2n) is 10.2. The molecule has 2 aromatic carbocycles. The second kappa shape index (κ2) is 11.4. The van der Waals surface area contributed by atoms with E-state index in [1.165, 1.54) is 12.5 Å². The maximum atomic E-state index is 13.3. The van der Waals surface area contributed by atoms with Gasteiger partial charge in [0.2, 0.25) is 5.91 Å². The summed E-state index contributed by atoms with van der Waals surface area (Å²) in [4.78, 5) is 39.4. The van der Waals surface area contributed by atoms with Crippen LogP contribution in [0.15, 0.2) is 54.6 Å². The van der Waals surface area contributed by atoms with Gasteiger partial charge in [0.05, 0.1) is 11.6 Å². The van der Waals surface area contributed by atoms with E-state index in [0.29, 0.717) is 47.8 Å². The highest BCUT2D eigenvalue weighted by molar-refractivity contribution is 6.05. The molecule has 1 aliphatic carbocycles. The highest BCUT2D eigenvalue weighted by atomic mass is 16.2. The summed E-state index contributed by atoms with van der Waals surface area (Å²) < 4.78 is 0. The number of nitrogens with one attached hydrogen (secondary N) is 2. The first-order chi connectivity index (χ1) is 17.7. The Morgan fingerprint density at radius 3 is 2.38 bits per heavy atom. The number of nitrogens with zero attached hydrogens (tertiary/aromatic N) is 2. The fraction of sp³-hybridized carbons (Fsp3) is 0.400. The van der Waals surface area contributed by atoms with E-state index in [1.807, 2.05) is 48.2 Å². The number of carbonyl (C=O) groups is 3. The van der Waals surface area contributed by atoms with Crippen LogP contribution in [0.4, 0.5) is 5.69 Å². The van der Waals surface area contributed by atoms with Crippen molar-refractivity contribution in [2.45, 2.75) is 57.9 Å². The molecule has 2 unspecified atom stereocenters. The number of likely N-dealkylation sites (tertiary alicyclic amines) is 1. The molecule has 3 amide bonds. The maximum absolute atomic E-state index is 13.3. The largest absolute Gasteiger partial charge is 0.354 e. The van der Waals surface area contributed by atoms with Gasteiger partial charge in [-0.05, 0) is 86.3 Å². The SMILES string of the molecule is C=C(C(=O)Nc1cc(C(=O)N2CCC(c3ccc(C#N)cc3)CC2)ccc1C)C1CCC(NC(C)=O)C1. The Morgan fingerprint density at radius 2 is 1.73 bits per heavy atom. The van der Waals surface area contributed by atoms with Crippen LogP contribution in [0.1, 0.15) is 72.0 Å². The highest BCUT2D eigenvalue weighted by Gasteiger charge is 2.30. The minimum absolute atomic E-state index is 0.0272. The van der Waals surface area contributed by atoms with Crippen LogP contribution in [0.3, 0.4) is 0 Å². The molecule has 1 saturated heterocycles. The molecule has 0 bridgehead atoms. The molecular formula is C30H34N4O3. The average molecular weight is 499 g/mol. The van der Waals surface area contributed by atoms with Crippen molar-refractivity contribution >= 4 is 23.4 Å². The van der Waals surface area contributed by atoms with E-state index in [9.17, 15) is 14.4 Å². The lowest BCUT2D eigenvalue weighted by Gasteiger charge is -2.32. The third-order valence-electron chi connectivity index (χ3n) is 7.65. The lowest BCUT2D eigenvalue weighted by atomic mass is 9.89. The fourth-order valence-corrected chi connectivity index (χ4v) is 5.42. The first-order valence-electron chi connectivity index (χ1n) is 12.9. The highest BCUT2D eigenvalue weighted by Crippen LogP contribution is 2.32. The van der Waals surface area contributed by atoms with Gasteiger partial charge in [0.1, 0.15) is 0 Å². The molecule has 2 aliphatic rings. The van der Waals surface area contributed by atoms with Crippen LogP contribution in [0.5, 0.6) is 0 Å². The molecule has 4 rings (SSSR count). The summed E-state index contributed by atoms with van der Waals surface area (Å²) in [6.07, 6.45) is 4.10. The summed E-state index contributed by atoms with van der Waals surface area (Å²) in [5, 5.41) is 14.9. The number of amides is 3. The first-order valence-corrected chi connectivity index (χ1v) is 12.9. The van der Waals surface area contributed by atoms with Gasteiger partial charge in [0, 0.05) is 42.9 Å². The van der Waals surface area contributed by atoms with E-state index in [-0.39, 0.29) is 29.7 Å². The molecule has 2 aromatic rings. The summed E-state index contributed by atoms with van der Waals surface area (Å²) in [7, 11) is 0. The van der Waals surface area contributed by atoms with Crippen molar-refractivity contribution in [3.05, 3.63) is 76.9 Å². The van der Waals surface area contributed by atoms with Gasteiger partial charge in [-0.1, -0.05) is 24.8 Å². The summed E-state index contributed by atoms with van der Waals surface area (Å²) >= 11 is 0. The van der Waals surface area contributed by atoms with Crippen LogP contribution in [0.25, 0.3) is 0 Å². The third-order valence-corrected chi connectivity index (χ3v) is 7.65. The molecule has 7 nitrogen and oxygen atoms in total. The predicted octanol–water partition coefficient (Wildman–Crippen LogP) is 4.69. The maximum Gasteiger partial charge on any atom is 0.253 e. The van der Waals surface area contributed by atoms with Gasteiger partial charge in [-0.15, -0.1) is 0 Å². The van der Waals surface area contributed by atoms with E-state index in [1.54, 1.807) is 6.07 Å². The zero-order valence-electron chi connectivity index (χ0n) is 21.5. The zero-order valence-corrected chi connectivity index (χ0v) is 21.5. The Hall–Kier alpha value is -3.92. The number of rotatable bonds is 6. The second-order valence-corrected chi connectivity index (χ2v) is 10.2. The fourth-order valence-electron chi connectivity index (χ4n) is 5.42. The van der Waals surface area contributed by atoms with Crippen LogP contribution in [-0.2, 0) is 9.59 Å². The van der Waals surface area contributed by atoms with Crippen LogP contribution >= 0.6 is 0 Å². The van der Waals surface area contributed by atoms with E-state index in [2.05, 4.69) is 23.3 Å². The van der Waals surface area contributed by atoms with Gasteiger partial charge < -0.3 is 15.5 Å². The van der Waals surface area contributed by atoms with Crippen molar-refractivity contribution < 1.29 is 14.4 Å². The van der Waals surface area contributed by atoms with E-state index >= 15 is 0 Å². The topological polar surface area (TPSA) is 102 Å². The number of aryl methyl sites for hydroxylation is 1. The summed E-state index contributed by atoms with van der Waals surface area (Å²) in [6.45, 7) is 8.76. The van der Waals surface area contributed by atoms with Gasteiger partial charge in [-0.2, -0.15) is 5.26 Å². The molecule has 1 aliphatic heterocycles. The van der Waals surface area contributed by atoms with Gasteiger partial charge in [0.15, 0.2) is 0 Å². The van der Waals surface area contributed by atoms with Crippen molar-refractivity contribution in [2.24, 2.45) is 5.92 Å². The van der Waals surface area contributed by atoms with Crippen LogP contribution in [0.2, 0.25) is 0 Å². The Morgan fingerprint density at radius 1 is 1.03 bits per heavy atom. The number of carbonyl (C=O) groups excluding carboxylic acids is 3. The molecule has 37 heavy (non-hydrogen) atoms. The number of anilines is 1. The molecule has 192 valence electrons. The molecule has 1 saturated carbocycles. The van der Waals surface area contributed by atoms with Gasteiger partial charge >= 0.3 is 0 Å². The molecule has 0 spiro atoms. The third kappa shape index (κ3) is 6.26. The Kier molecular flexibility index (Phi) is 8.08. The van der Waals surface area contributed by atoms with Gasteiger partial charge in [0.25, 0.3) is 11.8 Å². The van der Waals surface area contributed by atoms with Gasteiger partial charge in [-0.3, -0.25) is 14.4 Å². The van der Waals surface area contributed by atoms with E-state index < -0.39 is 0 Å². The molecule has 2 atom stereocenters. The lowest BCUT2D eigenvalue weighted by Crippen LogP contribution is -2.38. The molecule has 1 heterocycles. The predicted molar refractivity (Wildman–Crippen MR) is 143 cm³/mol. The molecule has 0 aromatic heterocycles. The number of piperidine rings is 1. The minimum atomic E-state index is -0.246. The Labute approximate surface area is 218 Å². The summed E-state index contributed by atoms with van der Waals surface area (Å²) in [5.74, 6) is 0.0538. The normalized spacial score (nSPS) is 19.6. The standard InChI is InChI=1S/C30H34N4O3/c1-19-4-7-26(17-28(19)33-29(36)20(2)25-10-11-27(16-25)32-21(3)35)30(37)34-14-12-24(13-15-34)23-8-5-22(18-31)6-9-23/h4-9,17,24-25,27H,2,10-16H2,1,3H3,(H,32,35)(H,33,36). The van der Waals surface area contributed by atoms with Gasteiger partial charge in [-0.25, -0.2) is 0 Å². The lowest BCUT2D eigenvalue weighted by molar-refractivity contribution is -0.119. The molecular weight excluding hydrogens is 464 g/mol. The molecule has 2 N–H and O–H groups in total. The first kappa shape index (κ1) is 26.2. The van der Waals surface area contributed by atoms with Crippen molar-refractivity contribution in [1.82, 2.24) is 10.2 Å². The summed E-state index contributed by atoms with van der Waals surface area (Å²) in [5.41, 5.74) is 4.40. The number of hydrogen-bond acceptors (Lipinski definition) is 4.